The number of benzene rings is 9. The fourth-order valence-electron chi connectivity index (χ4n) is 18.2. The summed E-state index contributed by atoms with van der Waals surface area (Å²) in [6.45, 7) is 23.3. The molecule has 0 aliphatic carbocycles. The summed E-state index contributed by atoms with van der Waals surface area (Å²) in [7, 11) is -0.657. The minimum absolute atomic E-state index is 0.00517. The Morgan fingerprint density at radius 2 is 0.620 bits per heavy atom. The third-order valence-corrected chi connectivity index (χ3v) is 28.2. The summed E-state index contributed by atoms with van der Waals surface area (Å²) in [6.07, 6.45) is 1.29. The first kappa shape index (κ1) is 116. The fraction of sp³-hybridized carbons (Fsp3) is 0.377. The molecule has 14 rings (SSSR count). The molecule has 9 atom stereocenters. The van der Waals surface area contributed by atoms with Crippen LogP contribution in [0, 0.1) is 50.2 Å². The molecule has 9 aromatic rings. The van der Waals surface area contributed by atoms with E-state index in [9.17, 15) is 73.0 Å². The van der Waals surface area contributed by atoms with Gasteiger partial charge in [-0.1, -0.05) is 292 Å². The zero-order valence-corrected chi connectivity index (χ0v) is 86.6. The summed E-state index contributed by atoms with van der Waals surface area (Å²) in [6, 6.07) is 76.1. The second kappa shape index (κ2) is 53.5. The van der Waals surface area contributed by atoms with Gasteiger partial charge in [0.05, 0.1) is 39.5 Å². The number of carbonyl (C=O) groups is 12. The van der Waals surface area contributed by atoms with E-state index in [4.69, 9.17) is 57.9 Å². The van der Waals surface area contributed by atoms with Crippen molar-refractivity contribution in [3.05, 3.63) is 336 Å². The van der Waals surface area contributed by atoms with Gasteiger partial charge in [0.2, 0.25) is 35.1 Å². The second-order valence-corrected chi connectivity index (χ2v) is 39.7. The smallest absolute Gasteiger partial charge is 0.460 e. The van der Waals surface area contributed by atoms with Gasteiger partial charge in [-0.15, -0.1) is 6.58 Å². The molecule has 0 saturated carbocycles. The van der Waals surface area contributed by atoms with Crippen LogP contribution in [0.1, 0.15) is 173 Å². The van der Waals surface area contributed by atoms with Gasteiger partial charge >= 0.3 is 58.1 Å². The summed E-state index contributed by atoms with van der Waals surface area (Å²) in [5, 5.41) is 54.3. The number of ether oxygens (including phenoxy) is 6. The maximum atomic E-state index is 14.5. The standard InChI is InChI=1S/C40H48BN3O8.C34H38BN3O8.C34H35N3O6.C6H12BO2/c1-28(43-37(48)50-26-30-18-11-7-12-19-30)35(46)44-24-32(22-15-23-41-51-38(2,3)39(4,5)52-41)40(27-44,34(42)33(45)31-20-13-8-14-21-31)36(47)49-25-29-16-9-6-10-17-29;1-24(37-33(42)46-22-26-14-7-3-8-15-26)31(40)38-20-28(18-11-19-35(43)44)34(23-38,30(36)29(39)27-16-9-4-10-17-27)32(41)45-21-25-12-5-2-6-13-25;1-3-13-28-20-37(31(39)24(2)36-33(41)43-22-26-16-9-5-10-17-26)23-34(28,30(35)29(38)27-18-11-6-12-19-27)32(40)42-21-25-14-7-4-8-15-25;1-5(2)6(3,4)9-7-8-5/h6-14,16-21,28,32,42H,15,22-27H2,1-5H3,(H,43,48);2-10,12-17,24,28,36,43-44H,11,18-23H2,1H3,(H,37,42);3-12,14-19,24,28,35H,1,13,20-23H2,2H3,(H,36,41);1-4H3/t28-,32-,40+;2*24-,28-,34+;/m000./s1. The van der Waals surface area contributed by atoms with Crippen molar-refractivity contribution in [1.82, 2.24) is 30.7 Å². The number of esters is 3. The molecule has 33 nitrogen and oxygen atoms in total. The van der Waals surface area contributed by atoms with Crippen LogP contribution in [0.15, 0.2) is 286 Å². The Labute approximate surface area is 877 Å². The molecule has 5 heterocycles. The van der Waals surface area contributed by atoms with Gasteiger partial charge in [-0.25, -0.2) is 14.4 Å². The first-order valence-corrected chi connectivity index (χ1v) is 50.0. The predicted octanol–water partition coefficient (Wildman–Crippen LogP) is 16.0. The van der Waals surface area contributed by atoms with Crippen LogP contribution in [0.2, 0.25) is 12.6 Å². The molecule has 5 aliphatic heterocycles. The number of hydrogen-bond acceptors (Lipinski definition) is 27. The van der Waals surface area contributed by atoms with Gasteiger partial charge in [-0.2, -0.15) is 0 Å². The van der Waals surface area contributed by atoms with E-state index in [0.29, 0.717) is 24.7 Å². The highest BCUT2D eigenvalue weighted by Crippen LogP contribution is 2.48. The topological polar surface area (TPSA) is 455 Å². The number of nitrogens with zero attached hydrogens (tertiary/aromatic N) is 3. The molecule has 5 fully saturated rings. The quantitative estimate of drug-likeness (QED) is 0.00441. The summed E-state index contributed by atoms with van der Waals surface area (Å²) >= 11 is 0. The number of amides is 6. The molecule has 0 aromatic heterocycles. The molecule has 36 heteroatoms. The van der Waals surface area contributed by atoms with E-state index in [0.717, 1.165) is 27.8 Å². The molecule has 1 radical (unpaired) electrons. The minimum atomic E-state index is -1.86. The number of Topliss-reactive ketones (excluding diaryl/α,β-unsaturated/α-hetero) is 3. The number of likely N-dealkylation sites (tertiary alicyclic amines) is 3. The van der Waals surface area contributed by atoms with Crippen molar-refractivity contribution in [1.29, 1.82) is 16.2 Å². The Kier molecular flexibility index (Phi) is 41.2. The molecule has 8 N–H and O–H groups in total. The van der Waals surface area contributed by atoms with Gasteiger partial charge in [0.25, 0.3) is 0 Å². The van der Waals surface area contributed by atoms with Gasteiger partial charge in [-0.3, -0.25) is 59.4 Å². The first-order valence-electron chi connectivity index (χ1n) is 50.0. The van der Waals surface area contributed by atoms with Crippen LogP contribution in [0.4, 0.5) is 14.4 Å². The molecule has 787 valence electrons. The SMILES string of the molecule is C=CC[C@H]1CN(C(=O)[C@H](C)NC(=O)OCc2ccccc2)C[C@@]1(C(=N)C(=O)c1ccccc1)C(=O)OCc1ccccc1.CC1(C)O[B]OC1(C)C.C[C@H](NC(=O)OCc1ccccc1)C(=O)N1C[C@H](CCCB(O)O)[C@](C(=N)C(=O)c2ccccc2)(C(=O)OCc2ccccc2)C1.C[C@H](NC(=O)OCc1ccccc1)C(=O)N1C[C@H](CCCB2OC(C)(C)C(C)(C)O2)[C@](C(=N)C(=O)c2ccccc2)(C(=O)OCc2ccccc2)C1. The van der Waals surface area contributed by atoms with Gasteiger partial charge < -0.3 is 87.7 Å². The summed E-state index contributed by atoms with van der Waals surface area (Å²) in [5.74, 6) is -7.90. The van der Waals surface area contributed by atoms with Crippen molar-refractivity contribution in [2.45, 2.75) is 201 Å². The van der Waals surface area contributed by atoms with E-state index < -0.39 is 166 Å². The van der Waals surface area contributed by atoms with E-state index in [1.165, 1.54) is 43.2 Å². The largest absolute Gasteiger partial charge is 0.488 e. The lowest BCUT2D eigenvalue weighted by Crippen LogP contribution is -2.51. The summed E-state index contributed by atoms with van der Waals surface area (Å²) in [4.78, 5) is 167. The monoisotopic (exact) mass is 2040 g/mol. The van der Waals surface area contributed by atoms with Crippen molar-refractivity contribution in [2.24, 2.45) is 34.0 Å². The van der Waals surface area contributed by atoms with Gasteiger partial charge in [-0.05, 0) is 141 Å². The normalized spacial score (nSPS) is 19.8. The zero-order chi connectivity index (χ0) is 109. The molecular formula is C114H133B3N9O24. The molecule has 9 aromatic carbocycles. The number of allylic oxidation sites excluding steroid dienone is 1. The number of carbonyl (C=O) groups excluding carboxylic acids is 12. The van der Waals surface area contributed by atoms with Crippen molar-refractivity contribution in [3.8, 4) is 0 Å². The molecule has 0 unspecified atom stereocenters. The van der Waals surface area contributed by atoms with Crippen LogP contribution in [-0.4, -0.2) is 215 Å². The van der Waals surface area contributed by atoms with E-state index >= 15 is 0 Å². The molecule has 150 heavy (non-hydrogen) atoms. The van der Waals surface area contributed by atoms with Gasteiger partial charge in [0, 0.05) is 73.7 Å². The molecule has 0 bridgehead atoms. The number of rotatable bonds is 40. The Morgan fingerprint density at radius 1 is 0.380 bits per heavy atom. The van der Waals surface area contributed by atoms with Crippen LogP contribution < -0.4 is 16.0 Å². The van der Waals surface area contributed by atoms with Crippen LogP contribution >= 0.6 is 0 Å². The third kappa shape index (κ3) is 29.9. The molecule has 5 aliphatic rings. The second-order valence-electron chi connectivity index (χ2n) is 39.7. The number of hydrogen-bond donors (Lipinski definition) is 8. The predicted molar refractivity (Wildman–Crippen MR) is 565 cm³/mol. The van der Waals surface area contributed by atoms with Crippen molar-refractivity contribution >= 4 is 110 Å². The number of nitrogens with one attached hydrogen (secondary N) is 6. The van der Waals surface area contributed by atoms with Crippen LogP contribution in [0.5, 0.6) is 0 Å². The summed E-state index contributed by atoms with van der Waals surface area (Å²) in [5.41, 5.74) is -3.00. The lowest BCUT2D eigenvalue weighted by atomic mass is 9.69. The van der Waals surface area contributed by atoms with Gasteiger partial charge in [0.15, 0.2) is 0 Å². The molecule has 6 amide bonds. The third-order valence-electron chi connectivity index (χ3n) is 28.2. The maximum Gasteiger partial charge on any atom is 0.488 e. The van der Waals surface area contributed by atoms with Crippen LogP contribution in [-0.2, 0) is 115 Å². The first-order chi connectivity index (χ1) is 71.6. The molecule has 0 spiro atoms. The van der Waals surface area contributed by atoms with Crippen LogP contribution in [0.3, 0.4) is 0 Å². The zero-order valence-electron chi connectivity index (χ0n) is 86.6. The molecular weight excluding hydrogens is 1910 g/mol. The van der Waals surface area contributed by atoms with Gasteiger partial charge in [0.1, 0.15) is 74.0 Å². The highest BCUT2D eigenvalue weighted by atomic mass is 16.7. The van der Waals surface area contributed by atoms with E-state index in [2.05, 4.69) is 22.5 Å². The maximum absolute atomic E-state index is 14.5. The fourth-order valence-corrected chi connectivity index (χ4v) is 18.2. The highest BCUT2D eigenvalue weighted by molar-refractivity contribution is 6.51. The lowest BCUT2D eigenvalue weighted by molar-refractivity contribution is -0.155. The highest BCUT2D eigenvalue weighted by Gasteiger charge is 2.63. The van der Waals surface area contributed by atoms with Crippen molar-refractivity contribution in [3.63, 3.8) is 0 Å². The minimum Gasteiger partial charge on any atom is -0.460 e. The van der Waals surface area contributed by atoms with Crippen molar-refractivity contribution < 1.29 is 115 Å². The summed E-state index contributed by atoms with van der Waals surface area (Å²) < 4.78 is 56.1. The molecule has 5 saturated heterocycles. The van der Waals surface area contributed by atoms with E-state index in [-0.39, 0.29) is 132 Å². The Balaban J connectivity index is 0.000000205. The number of ketones is 3. The average Bonchev–Trinajstić information content (AvgIpc) is 1.59. The van der Waals surface area contributed by atoms with Crippen LogP contribution in [0.25, 0.3) is 0 Å². The van der Waals surface area contributed by atoms with E-state index in [1.807, 2.05) is 189 Å². The number of alkyl carbamates (subject to hydrolysis) is 3. The van der Waals surface area contributed by atoms with E-state index in [1.54, 1.807) is 146 Å². The Bertz CT molecular complexity index is 6100. The average molecular weight is 2050 g/mol. The lowest BCUT2D eigenvalue weighted by Gasteiger charge is -2.32. The Hall–Kier alpha value is -14.7. The Morgan fingerprint density at radius 3 is 0.867 bits per heavy atom. The van der Waals surface area contributed by atoms with Crippen molar-refractivity contribution in [2.75, 3.05) is 39.3 Å².